The molecule has 0 heterocycles. The number of phenols is 1. The van der Waals surface area contributed by atoms with E-state index in [0.717, 1.165) is 19.3 Å². The number of hydrogen-bond donors (Lipinski definition) is 3. The van der Waals surface area contributed by atoms with E-state index in [4.69, 9.17) is 4.74 Å². The van der Waals surface area contributed by atoms with Gasteiger partial charge in [0.25, 0.3) is 5.91 Å². The van der Waals surface area contributed by atoms with E-state index in [1.807, 2.05) is 0 Å². The molecule has 7 nitrogen and oxygen atoms in total. The Balaban J connectivity index is 1.25. The van der Waals surface area contributed by atoms with Crippen LogP contribution in [0.1, 0.15) is 51.0 Å². The molecule has 3 amide bonds. The van der Waals surface area contributed by atoms with Crippen molar-refractivity contribution in [3.05, 3.63) is 29.8 Å². The SMILES string of the molecule is C[C@@H](OC(=O)Cc1ccc(O)cc1)C(=O)NC(=O)NC12CC3CC(CC(C3)C1)C2. The monoisotopic (exact) mass is 400 g/mol. The van der Waals surface area contributed by atoms with Crippen LogP contribution in [0.25, 0.3) is 0 Å². The normalized spacial score (nSPS) is 30.4. The molecule has 7 heteroatoms. The zero-order valence-corrected chi connectivity index (χ0v) is 16.6. The fourth-order valence-electron chi connectivity index (χ4n) is 5.82. The highest BCUT2D eigenvalue weighted by molar-refractivity contribution is 5.97. The molecule has 3 N–H and O–H groups in total. The number of phenolic OH excluding ortho intramolecular Hbond substituents is 1. The van der Waals surface area contributed by atoms with Crippen molar-refractivity contribution in [2.45, 2.75) is 63.5 Å². The molecule has 4 aliphatic carbocycles. The molecule has 5 rings (SSSR count). The number of rotatable bonds is 5. The van der Waals surface area contributed by atoms with Gasteiger partial charge < -0.3 is 15.2 Å². The van der Waals surface area contributed by atoms with Crippen molar-refractivity contribution in [1.82, 2.24) is 10.6 Å². The molecule has 4 aliphatic rings. The van der Waals surface area contributed by atoms with Crippen LogP contribution in [0.4, 0.5) is 4.79 Å². The van der Waals surface area contributed by atoms with Gasteiger partial charge in [0.2, 0.25) is 0 Å². The molecule has 29 heavy (non-hydrogen) atoms. The predicted octanol–water partition coefficient (Wildman–Crippen LogP) is 2.66. The van der Waals surface area contributed by atoms with Gasteiger partial charge in [0, 0.05) is 5.54 Å². The summed E-state index contributed by atoms with van der Waals surface area (Å²) in [5, 5.41) is 14.7. The first-order chi connectivity index (χ1) is 13.8. The number of carbonyl (C=O) groups excluding carboxylic acids is 3. The molecule has 1 aromatic rings. The Morgan fingerprint density at radius 2 is 1.62 bits per heavy atom. The minimum Gasteiger partial charge on any atom is -0.508 e. The third kappa shape index (κ3) is 4.54. The molecule has 0 saturated heterocycles. The van der Waals surface area contributed by atoms with Crippen LogP contribution in [0.2, 0.25) is 0 Å². The summed E-state index contributed by atoms with van der Waals surface area (Å²) in [6.07, 6.45) is 5.73. The van der Waals surface area contributed by atoms with E-state index < -0.39 is 24.0 Å². The standard InChI is InChI=1S/C22H28N2O5/c1-13(29-19(26)9-14-2-4-18(25)5-3-14)20(27)23-21(28)24-22-10-15-6-16(11-22)8-17(7-15)12-22/h2-5,13,15-17,25H,6-12H2,1H3,(H2,23,24,27,28)/t13-,15?,16?,17?,22?/m1/s1. The molecular weight excluding hydrogens is 372 g/mol. The van der Waals surface area contributed by atoms with Crippen LogP contribution in [-0.2, 0) is 20.7 Å². The van der Waals surface area contributed by atoms with Crippen LogP contribution in [0, 0.1) is 17.8 Å². The van der Waals surface area contributed by atoms with Crippen molar-refractivity contribution in [3.8, 4) is 5.75 Å². The van der Waals surface area contributed by atoms with Crippen LogP contribution in [-0.4, -0.2) is 34.7 Å². The van der Waals surface area contributed by atoms with Gasteiger partial charge in [-0.15, -0.1) is 0 Å². The average molecular weight is 400 g/mol. The maximum atomic E-state index is 12.4. The van der Waals surface area contributed by atoms with Crippen molar-refractivity contribution in [3.63, 3.8) is 0 Å². The van der Waals surface area contributed by atoms with Crippen LogP contribution >= 0.6 is 0 Å². The number of urea groups is 1. The Morgan fingerprint density at radius 1 is 1.07 bits per heavy atom. The van der Waals surface area contributed by atoms with Gasteiger partial charge in [-0.2, -0.15) is 0 Å². The number of esters is 1. The summed E-state index contributed by atoms with van der Waals surface area (Å²) in [5.74, 6) is 0.983. The topological polar surface area (TPSA) is 105 Å². The Labute approximate surface area is 170 Å². The van der Waals surface area contributed by atoms with E-state index in [-0.39, 0.29) is 17.7 Å². The third-order valence-corrected chi connectivity index (χ3v) is 6.62. The summed E-state index contributed by atoms with van der Waals surface area (Å²) in [6, 6.07) is 5.68. The third-order valence-electron chi connectivity index (χ3n) is 6.62. The van der Waals surface area contributed by atoms with Crippen LogP contribution in [0.15, 0.2) is 24.3 Å². The van der Waals surface area contributed by atoms with Crippen LogP contribution in [0.5, 0.6) is 5.75 Å². The van der Waals surface area contributed by atoms with Gasteiger partial charge in [0.15, 0.2) is 6.10 Å². The number of ether oxygens (including phenoxy) is 1. The first-order valence-corrected chi connectivity index (χ1v) is 10.4. The lowest BCUT2D eigenvalue weighted by Crippen LogP contribution is -2.62. The lowest BCUT2D eigenvalue weighted by Gasteiger charge is -2.56. The van der Waals surface area contributed by atoms with Crippen molar-refractivity contribution < 1.29 is 24.2 Å². The van der Waals surface area contributed by atoms with E-state index in [2.05, 4.69) is 10.6 Å². The number of benzene rings is 1. The summed E-state index contributed by atoms with van der Waals surface area (Å²) in [7, 11) is 0. The van der Waals surface area contributed by atoms with Gasteiger partial charge in [-0.25, -0.2) is 4.79 Å². The number of nitrogens with one attached hydrogen (secondary N) is 2. The number of carbonyl (C=O) groups is 3. The van der Waals surface area contributed by atoms with Crippen molar-refractivity contribution in [2.75, 3.05) is 0 Å². The molecular formula is C22H28N2O5. The Morgan fingerprint density at radius 3 is 2.17 bits per heavy atom. The lowest BCUT2D eigenvalue weighted by atomic mass is 9.53. The van der Waals surface area contributed by atoms with E-state index >= 15 is 0 Å². The Hall–Kier alpha value is -2.57. The smallest absolute Gasteiger partial charge is 0.321 e. The minimum absolute atomic E-state index is 0.0165. The summed E-state index contributed by atoms with van der Waals surface area (Å²) >= 11 is 0. The van der Waals surface area contributed by atoms with Gasteiger partial charge in [-0.1, -0.05) is 12.1 Å². The van der Waals surface area contributed by atoms with Crippen molar-refractivity contribution in [1.29, 1.82) is 0 Å². The highest BCUT2D eigenvalue weighted by Crippen LogP contribution is 2.55. The second kappa shape index (κ2) is 7.69. The Kier molecular flexibility index (Phi) is 5.23. The minimum atomic E-state index is -1.07. The molecule has 1 aromatic carbocycles. The molecule has 4 fully saturated rings. The quantitative estimate of drug-likeness (QED) is 0.659. The van der Waals surface area contributed by atoms with Gasteiger partial charge in [-0.05, 0) is 80.9 Å². The van der Waals surface area contributed by atoms with Gasteiger partial charge in [0.05, 0.1) is 6.42 Å². The first-order valence-electron chi connectivity index (χ1n) is 10.4. The molecule has 1 atom stereocenters. The van der Waals surface area contributed by atoms with Gasteiger partial charge in [-0.3, -0.25) is 14.9 Å². The van der Waals surface area contributed by atoms with Crippen molar-refractivity contribution in [2.24, 2.45) is 17.8 Å². The zero-order valence-electron chi connectivity index (χ0n) is 16.6. The number of aromatic hydroxyl groups is 1. The summed E-state index contributed by atoms with van der Waals surface area (Å²) in [6.45, 7) is 1.45. The molecule has 0 radical (unpaired) electrons. The van der Waals surface area contributed by atoms with Crippen molar-refractivity contribution >= 4 is 17.9 Å². The van der Waals surface area contributed by atoms with Crippen LogP contribution in [0.3, 0.4) is 0 Å². The fraction of sp³-hybridized carbons (Fsp3) is 0.591. The number of imide groups is 1. The molecule has 0 aliphatic heterocycles. The molecule has 4 saturated carbocycles. The van der Waals surface area contributed by atoms with Gasteiger partial charge in [0.1, 0.15) is 5.75 Å². The largest absolute Gasteiger partial charge is 0.508 e. The summed E-state index contributed by atoms with van der Waals surface area (Å²) in [4.78, 5) is 36.8. The van der Waals surface area contributed by atoms with E-state index in [1.54, 1.807) is 12.1 Å². The second-order valence-electron chi connectivity index (χ2n) is 9.12. The van der Waals surface area contributed by atoms with E-state index in [9.17, 15) is 19.5 Å². The van der Waals surface area contributed by atoms with E-state index in [1.165, 1.54) is 38.3 Å². The summed E-state index contributed by atoms with van der Waals surface area (Å²) in [5.41, 5.74) is 0.484. The predicted molar refractivity (Wildman–Crippen MR) is 105 cm³/mol. The average Bonchev–Trinajstić information content (AvgIpc) is 2.61. The Bertz CT molecular complexity index is 769. The lowest BCUT2D eigenvalue weighted by molar-refractivity contribution is -0.153. The maximum absolute atomic E-state index is 12.4. The highest BCUT2D eigenvalue weighted by Gasteiger charge is 2.51. The molecule has 0 aromatic heterocycles. The van der Waals surface area contributed by atoms with E-state index in [0.29, 0.717) is 23.3 Å². The molecule has 0 unspecified atom stereocenters. The molecule has 156 valence electrons. The zero-order chi connectivity index (χ0) is 20.6. The fourth-order valence-corrected chi connectivity index (χ4v) is 5.82. The molecule has 4 bridgehead atoms. The van der Waals surface area contributed by atoms with Gasteiger partial charge >= 0.3 is 12.0 Å². The van der Waals surface area contributed by atoms with Crippen LogP contribution < -0.4 is 10.6 Å². The number of hydrogen-bond acceptors (Lipinski definition) is 5. The first kappa shape index (κ1) is 19.7. The summed E-state index contributed by atoms with van der Waals surface area (Å²) < 4.78 is 5.15. The number of amides is 3. The maximum Gasteiger partial charge on any atom is 0.321 e. The highest BCUT2D eigenvalue weighted by atomic mass is 16.5. The second-order valence-corrected chi connectivity index (χ2v) is 9.12. The molecule has 0 spiro atoms.